The van der Waals surface area contributed by atoms with Gasteiger partial charge in [-0.05, 0) is 6.42 Å². The Balaban J connectivity index is 2.15. The first-order valence-electron chi connectivity index (χ1n) is 7.17. The van der Waals surface area contributed by atoms with Gasteiger partial charge in [0.05, 0.1) is 6.33 Å². The number of aryl methyl sites for hydroxylation is 1. The number of fused-ring (bicyclic) bond motifs is 3. The fourth-order valence-electron chi connectivity index (χ4n) is 2.69. The molecule has 4 rings (SSSR count). The number of nitrogens with zero attached hydrogens (tertiary/aromatic N) is 5. The van der Waals surface area contributed by atoms with Gasteiger partial charge >= 0.3 is 5.69 Å². The number of hydrogen-bond acceptors (Lipinski definition) is 4. The predicted octanol–water partition coefficient (Wildman–Crippen LogP) is 1.84. The Morgan fingerprint density at radius 3 is 2.73 bits per heavy atom. The summed E-state index contributed by atoms with van der Waals surface area (Å²) in [6, 6.07) is 9.58. The van der Waals surface area contributed by atoms with Gasteiger partial charge in [-0.3, -0.25) is 4.57 Å². The van der Waals surface area contributed by atoms with Gasteiger partial charge in [0.1, 0.15) is 5.52 Å². The van der Waals surface area contributed by atoms with Crippen molar-refractivity contribution in [2.24, 2.45) is 0 Å². The maximum atomic E-state index is 12.9. The van der Waals surface area contributed by atoms with E-state index in [0.29, 0.717) is 23.7 Å². The average molecular weight is 294 g/mol. The van der Waals surface area contributed by atoms with Crippen molar-refractivity contribution >= 4 is 16.8 Å². The molecule has 0 unspecified atom stereocenters. The number of aromatic amines is 1. The van der Waals surface area contributed by atoms with Crippen LogP contribution >= 0.6 is 0 Å². The standard InChI is InChI=1S/C15H14N6O/c1-2-8-20-13-11(16-9-17-13)14-19-18-12(21(14)15(20)22)10-6-4-3-5-7-10/h3-7,9H,2,8H2,1H3,(H,16,17). The van der Waals surface area contributed by atoms with Gasteiger partial charge in [0.15, 0.2) is 17.1 Å². The topological polar surface area (TPSA) is 80.9 Å². The van der Waals surface area contributed by atoms with E-state index in [1.807, 2.05) is 37.3 Å². The number of imidazole rings is 1. The van der Waals surface area contributed by atoms with Gasteiger partial charge in [0.2, 0.25) is 0 Å². The third kappa shape index (κ3) is 1.68. The number of H-pyrrole nitrogens is 1. The van der Waals surface area contributed by atoms with Crippen molar-refractivity contribution in [3.05, 3.63) is 47.1 Å². The summed E-state index contributed by atoms with van der Waals surface area (Å²) >= 11 is 0. The Hall–Kier alpha value is -2.96. The summed E-state index contributed by atoms with van der Waals surface area (Å²) in [7, 11) is 0. The summed E-state index contributed by atoms with van der Waals surface area (Å²) in [6.07, 6.45) is 2.42. The molecular weight excluding hydrogens is 280 g/mol. The van der Waals surface area contributed by atoms with Crippen LogP contribution in [0.1, 0.15) is 13.3 Å². The first kappa shape index (κ1) is 12.8. The van der Waals surface area contributed by atoms with Crippen molar-refractivity contribution in [1.82, 2.24) is 29.1 Å². The molecule has 0 bridgehead atoms. The summed E-state index contributed by atoms with van der Waals surface area (Å²) in [5.74, 6) is 0.543. The molecule has 0 atom stereocenters. The molecular formula is C15H14N6O. The van der Waals surface area contributed by atoms with Gasteiger partial charge in [0.25, 0.3) is 0 Å². The molecule has 0 fully saturated rings. The molecule has 0 aliphatic rings. The van der Waals surface area contributed by atoms with Crippen LogP contribution in [0.4, 0.5) is 0 Å². The highest BCUT2D eigenvalue weighted by Gasteiger charge is 2.18. The number of aromatic nitrogens is 6. The largest absolute Gasteiger partial charge is 0.340 e. The number of hydrogen-bond donors (Lipinski definition) is 1. The van der Waals surface area contributed by atoms with Crippen LogP contribution in [0.5, 0.6) is 0 Å². The Labute approximate surface area is 125 Å². The SMILES string of the molecule is CCCn1c(=O)n2c(-c3ccccc3)nnc2c2[nH]cnc21. The number of rotatable bonds is 3. The Morgan fingerprint density at radius 1 is 1.14 bits per heavy atom. The van der Waals surface area contributed by atoms with Gasteiger partial charge in [0, 0.05) is 12.1 Å². The molecule has 0 amide bonds. The second-order valence-electron chi connectivity index (χ2n) is 5.08. The lowest BCUT2D eigenvalue weighted by Gasteiger charge is -2.07. The van der Waals surface area contributed by atoms with Crippen LogP contribution in [0, 0.1) is 0 Å². The summed E-state index contributed by atoms with van der Waals surface area (Å²) in [6.45, 7) is 2.63. The first-order chi connectivity index (χ1) is 10.8. The minimum atomic E-state index is -0.166. The zero-order chi connectivity index (χ0) is 15.1. The molecule has 0 aliphatic carbocycles. The van der Waals surface area contributed by atoms with E-state index in [9.17, 15) is 4.79 Å². The molecule has 1 N–H and O–H groups in total. The minimum absolute atomic E-state index is 0.166. The van der Waals surface area contributed by atoms with E-state index < -0.39 is 0 Å². The molecule has 0 spiro atoms. The van der Waals surface area contributed by atoms with E-state index in [0.717, 1.165) is 17.5 Å². The minimum Gasteiger partial charge on any atom is -0.340 e. The molecule has 7 heteroatoms. The molecule has 22 heavy (non-hydrogen) atoms. The Bertz CT molecular complexity index is 1010. The van der Waals surface area contributed by atoms with Crippen LogP contribution in [0.15, 0.2) is 41.5 Å². The molecule has 110 valence electrons. The van der Waals surface area contributed by atoms with Crippen LogP contribution in [-0.4, -0.2) is 29.1 Å². The van der Waals surface area contributed by atoms with E-state index in [4.69, 9.17) is 0 Å². The van der Waals surface area contributed by atoms with E-state index in [1.165, 1.54) is 0 Å². The van der Waals surface area contributed by atoms with Gasteiger partial charge in [-0.15, -0.1) is 10.2 Å². The lowest BCUT2D eigenvalue weighted by atomic mass is 10.2. The van der Waals surface area contributed by atoms with Crippen LogP contribution in [0.3, 0.4) is 0 Å². The second kappa shape index (κ2) is 4.80. The third-order valence-electron chi connectivity index (χ3n) is 3.66. The van der Waals surface area contributed by atoms with Crippen molar-refractivity contribution in [2.75, 3.05) is 0 Å². The first-order valence-corrected chi connectivity index (χ1v) is 7.17. The zero-order valence-electron chi connectivity index (χ0n) is 12.0. The van der Waals surface area contributed by atoms with E-state index in [-0.39, 0.29) is 5.69 Å². The van der Waals surface area contributed by atoms with Gasteiger partial charge in [-0.25, -0.2) is 14.2 Å². The molecule has 0 saturated heterocycles. The van der Waals surface area contributed by atoms with Crippen LogP contribution < -0.4 is 5.69 Å². The smallest absolute Gasteiger partial charge is 0.337 e. The number of benzene rings is 1. The summed E-state index contributed by atoms with van der Waals surface area (Å²) in [5.41, 5.74) is 2.53. The molecule has 0 radical (unpaired) electrons. The Kier molecular flexibility index (Phi) is 2.78. The van der Waals surface area contributed by atoms with Crippen molar-refractivity contribution in [3.8, 4) is 11.4 Å². The summed E-state index contributed by atoms with van der Waals surface area (Å²) in [4.78, 5) is 20.2. The van der Waals surface area contributed by atoms with Crippen molar-refractivity contribution in [3.63, 3.8) is 0 Å². The van der Waals surface area contributed by atoms with Crippen LogP contribution in [0.25, 0.3) is 28.2 Å². The van der Waals surface area contributed by atoms with E-state index in [2.05, 4.69) is 20.2 Å². The van der Waals surface area contributed by atoms with Crippen LogP contribution in [0.2, 0.25) is 0 Å². The number of nitrogens with one attached hydrogen (secondary N) is 1. The highest BCUT2D eigenvalue weighted by Crippen LogP contribution is 2.20. The fourth-order valence-corrected chi connectivity index (χ4v) is 2.69. The monoisotopic (exact) mass is 294 g/mol. The Morgan fingerprint density at radius 2 is 1.95 bits per heavy atom. The molecule has 1 aromatic carbocycles. The van der Waals surface area contributed by atoms with Crippen LogP contribution in [-0.2, 0) is 6.54 Å². The lowest BCUT2D eigenvalue weighted by molar-refractivity contribution is 0.648. The summed E-state index contributed by atoms with van der Waals surface area (Å²) < 4.78 is 3.21. The van der Waals surface area contributed by atoms with Gasteiger partial charge < -0.3 is 4.98 Å². The molecule has 3 heterocycles. The maximum Gasteiger partial charge on any atom is 0.337 e. The third-order valence-corrected chi connectivity index (χ3v) is 3.66. The van der Waals surface area contributed by atoms with Crippen molar-refractivity contribution in [2.45, 2.75) is 19.9 Å². The normalized spacial score (nSPS) is 11.5. The highest BCUT2D eigenvalue weighted by molar-refractivity contribution is 5.86. The van der Waals surface area contributed by atoms with Gasteiger partial charge in [-0.2, -0.15) is 0 Å². The second-order valence-corrected chi connectivity index (χ2v) is 5.08. The van der Waals surface area contributed by atoms with Crippen molar-refractivity contribution in [1.29, 1.82) is 0 Å². The quantitative estimate of drug-likeness (QED) is 0.625. The fraction of sp³-hybridized carbons (Fsp3) is 0.200. The molecule has 0 saturated carbocycles. The maximum absolute atomic E-state index is 12.9. The highest BCUT2D eigenvalue weighted by atomic mass is 16.1. The molecule has 0 aliphatic heterocycles. The van der Waals surface area contributed by atoms with E-state index >= 15 is 0 Å². The predicted molar refractivity (Wildman–Crippen MR) is 82.6 cm³/mol. The lowest BCUT2D eigenvalue weighted by Crippen LogP contribution is -2.27. The van der Waals surface area contributed by atoms with Crippen molar-refractivity contribution < 1.29 is 0 Å². The summed E-state index contributed by atoms with van der Waals surface area (Å²) in [5, 5.41) is 8.40. The zero-order valence-corrected chi connectivity index (χ0v) is 12.0. The molecule has 7 nitrogen and oxygen atoms in total. The molecule has 3 aromatic heterocycles. The average Bonchev–Trinajstić information content (AvgIpc) is 3.18. The molecule has 4 aromatic rings. The van der Waals surface area contributed by atoms with Gasteiger partial charge in [-0.1, -0.05) is 37.3 Å². The van der Waals surface area contributed by atoms with E-state index in [1.54, 1.807) is 15.3 Å².